The van der Waals surface area contributed by atoms with Gasteiger partial charge in [0.1, 0.15) is 5.75 Å². The summed E-state index contributed by atoms with van der Waals surface area (Å²) < 4.78 is 0.766. The smallest absolute Gasteiger partial charge is 0.257 e. The van der Waals surface area contributed by atoms with Crippen LogP contribution in [0.3, 0.4) is 0 Å². The van der Waals surface area contributed by atoms with Gasteiger partial charge in [0.05, 0.1) is 5.56 Å². The molecule has 0 aromatic heterocycles. The molecular formula is C14H19BrN2O2. The van der Waals surface area contributed by atoms with Crippen molar-refractivity contribution in [2.75, 3.05) is 26.7 Å². The summed E-state index contributed by atoms with van der Waals surface area (Å²) in [6.07, 6.45) is 2.20. The highest BCUT2D eigenvalue weighted by atomic mass is 79.9. The van der Waals surface area contributed by atoms with Crippen LogP contribution >= 0.6 is 15.9 Å². The molecule has 1 aromatic carbocycles. The van der Waals surface area contributed by atoms with Gasteiger partial charge in [0, 0.05) is 18.1 Å². The number of phenolic OH excluding ortho intramolecular Hbond substituents is 1. The van der Waals surface area contributed by atoms with E-state index in [-0.39, 0.29) is 11.7 Å². The van der Waals surface area contributed by atoms with E-state index >= 15 is 0 Å². The van der Waals surface area contributed by atoms with Crippen molar-refractivity contribution in [1.82, 2.24) is 10.2 Å². The maximum Gasteiger partial charge on any atom is 0.257 e. The summed E-state index contributed by atoms with van der Waals surface area (Å²) in [6, 6.07) is 4.97. The normalized spacial score (nSPS) is 16.3. The second-order valence-electron chi connectivity index (χ2n) is 5.04. The Balaban J connectivity index is 2.01. The summed E-state index contributed by atoms with van der Waals surface area (Å²) in [5.41, 5.74) is 0.361. The Labute approximate surface area is 121 Å². The van der Waals surface area contributed by atoms with Crippen LogP contribution in [0.4, 0.5) is 0 Å². The Morgan fingerprint density at radius 2 is 2.16 bits per heavy atom. The van der Waals surface area contributed by atoms with Crippen LogP contribution in [0.25, 0.3) is 0 Å². The minimum atomic E-state index is -0.122. The molecule has 2 N–H and O–H groups in total. The lowest BCUT2D eigenvalue weighted by atomic mass is 9.97. The molecule has 0 radical (unpaired) electrons. The van der Waals surface area contributed by atoms with Crippen LogP contribution in [-0.2, 0) is 0 Å². The third-order valence-corrected chi connectivity index (χ3v) is 4.02. The Bertz CT molecular complexity index is 459. The standard InChI is InChI=1S/C14H19BrN2O2/c1-17(9-10-4-6-16-7-5-10)14(19)12-3-2-11(15)8-13(12)18/h2-3,8,10,16,18H,4-7,9H2,1H3. The zero-order chi connectivity index (χ0) is 13.8. The molecular weight excluding hydrogens is 308 g/mol. The average molecular weight is 327 g/mol. The number of hydrogen-bond donors (Lipinski definition) is 2. The van der Waals surface area contributed by atoms with Crippen LogP contribution in [0.5, 0.6) is 5.75 Å². The van der Waals surface area contributed by atoms with Gasteiger partial charge in [0.2, 0.25) is 0 Å². The summed E-state index contributed by atoms with van der Waals surface area (Å²) in [7, 11) is 1.80. The number of aromatic hydroxyl groups is 1. The van der Waals surface area contributed by atoms with Crippen molar-refractivity contribution in [1.29, 1.82) is 0 Å². The summed E-state index contributed by atoms with van der Waals surface area (Å²) in [5.74, 6) is 0.452. The molecule has 0 aliphatic carbocycles. The fraction of sp³-hybridized carbons (Fsp3) is 0.500. The zero-order valence-corrected chi connectivity index (χ0v) is 12.6. The Morgan fingerprint density at radius 1 is 1.47 bits per heavy atom. The maximum absolute atomic E-state index is 12.3. The van der Waals surface area contributed by atoms with Crippen LogP contribution in [0, 0.1) is 5.92 Å². The Kier molecular flexibility index (Phi) is 4.82. The van der Waals surface area contributed by atoms with Crippen molar-refractivity contribution in [2.24, 2.45) is 5.92 Å². The molecule has 1 saturated heterocycles. The van der Waals surface area contributed by atoms with Gasteiger partial charge in [-0.3, -0.25) is 4.79 Å². The van der Waals surface area contributed by atoms with Gasteiger partial charge < -0.3 is 15.3 Å². The number of hydrogen-bond acceptors (Lipinski definition) is 3. The van der Waals surface area contributed by atoms with Crippen LogP contribution in [0.2, 0.25) is 0 Å². The van der Waals surface area contributed by atoms with Gasteiger partial charge in [0.25, 0.3) is 5.91 Å². The highest BCUT2D eigenvalue weighted by Gasteiger charge is 2.20. The molecule has 4 nitrogen and oxygen atoms in total. The molecule has 1 aliphatic heterocycles. The number of carbonyl (C=O) groups is 1. The van der Waals surface area contributed by atoms with Crippen LogP contribution in [0.15, 0.2) is 22.7 Å². The first-order chi connectivity index (χ1) is 9.08. The van der Waals surface area contributed by atoms with Gasteiger partial charge >= 0.3 is 0 Å². The van der Waals surface area contributed by atoms with Crippen molar-refractivity contribution in [3.8, 4) is 5.75 Å². The number of amides is 1. The lowest BCUT2D eigenvalue weighted by Crippen LogP contribution is -2.37. The van der Waals surface area contributed by atoms with Crippen molar-refractivity contribution in [2.45, 2.75) is 12.8 Å². The van der Waals surface area contributed by atoms with E-state index in [1.807, 2.05) is 0 Å². The van der Waals surface area contributed by atoms with Gasteiger partial charge in [-0.05, 0) is 50.0 Å². The van der Waals surface area contributed by atoms with Crippen molar-refractivity contribution in [3.63, 3.8) is 0 Å². The molecule has 1 aromatic rings. The summed E-state index contributed by atoms with van der Waals surface area (Å²) >= 11 is 3.27. The number of piperidine rings is 1. The third-order valence-electron chi connectivity index (χ3n) is 3.53. The summed E-state index contributed by atoms with van der Waals surface area (Å²) in [4.78, 5) is 14.0. The van der Waals surface area contributed by atoms with Crippen molar-refractivity contribution in [3.05, 3.63) is 28.2 Å². The number of rotatable bonds is 3. The molecule has 1 heterocycles. The van der Waals surface area contributed by atoms with E-state index in [2.05, 4.69) is 21.2 Å². The average Bonchev–Trinajstić information content (AvgIpc) is 2.39. The third kappa shape index (κ3) is 3.70. The lowest BCUT2D eigenvalue weighted by molar-refractivity contribution is 0.0760. The number of carbonyl (C=O) groups excluding carboxylic acids is 1. The summed E-state index contributed by atoms with van der Waals surface area (Å²) in [6.45, 7) is 2.79. The molecule has 0 spiro atoms. The quantitative estimate of drug-likeness (QED) is 0.895. The molecule has 0 atom stereocenters. The second kappa shape index (κ2) is 6.39. The minimum absolute atomic E-state index is 0.0246. The topological polar surface area (TPSA) is 52.6 Å². The van der Waals surface area contributed by atoms with E-state index in [0.717, 1.165) is 36.9 Å². The minimum Gasteiger partial charge on any atom is -0.507 e. The van der Waals surface area contributed by atoms with E-state index in [1.165, 1.54) is 0 Å². The molecule has 104 valence electrons. The van der Waals surface area contributed by atoms with Gasteiger partial charge in [0.15, 0.2) is 0 Å². The van der Waals surface area contributed by atoms with Gasteiger partial charge in [-0.15, -0.1) is 0 Å². The number of nitrogens with one attached hydrogen (secondary N) is 1. The van der Waals surface area contributed by atoms with E-state index < -0.39 is 0 Å². The maximum atomic E-state index is 12.3. The van der Waals surface area contributed by atoms with Crippen LogP contribution < -0.4 is 5.32 Å². The second-order valence-corrected chi connectivity index (χ2v) is 5.96. The molecule has 2 rings (SSSR count). The number of phenols is 1. The molecule has 1 fully saturated rings. The molecule has 1 aliphatic rings. The van der Waals surface area contributed by atoms with E-state index in [4.69, 9.17) is 0 Å². The molecule has 0 unspecified atom stereocenters. The number of nitrogens with zero attached hydrogens (tertiary/aromatic N) is 1. The number of halogens is 1. The highest BCUT2D eigenvalue weighted by Crippen LogP contribution is 2.24. The van der Waals surface area contributed by atoms with Crippen LogP contribution in [0.1, 0.15) is 23.2 Å². The van der Waals surface area contributed by atoms with E-state index in [0.29, 0.717) is 11.5 Å². The first kappa shape index (κ1) is 14.3. The Morgan fingerprint density at radius 3 is 2.79 bits per heavy atom. The van der Waals surface area contributed by atoms with E-state index in [1.54, 1.807) is 30.1 Å². The SMILES string of the molecule is CN(CC1CCNCC1)C(=O)c1ccc(Br)cc1O. The predicted molar refractivity (Wildman–Crippen MR) is 78.4 cm³/mol. The molecule has 0 bridgehead atoms. The fourth-order valence-corrected chi connectivity index (χ4v) is 2.77. The van der Waals surface area contributed by atoms with Gasteiger partial charge in [-0.1, -0.05) is 15.9 Å². The largest absolute Gasteiger partial charge is 0.507 e. The van der Waals surface area contributed by atoms with Crippen molar-refractivity contribution < 1.29 is 9.90 Å². The first-order valence-electron chi connectivity index (χ1n) is 6.52. The predicted octanol–water partition coefficient (Wildman–Crippen LogP) is 2.23. The zero-order valence-electron chi connectivity index (χ0n) is 11.0. The molecule has 0 saturated carbocycles. The highest BCUT2D eigenvalue weighted by molar-refractivity contribution is 9.10. The lowest BCUT2D eigenvalue weighted by Gasteiger charge is -2.27. The summed E-state index contributed by atoms with van der Waals surface area (Å²) in [5, 5.41) is 13.1. The molecule has 5 heteroatoms. The van der Waals surface area contributed by atoms with Gasteiger partial charge in [-0.2, -0.15) is 0 Å². The molecule has 19 heavy (non-hydrogen) atoms. The number of benzene rings is 1. The van der Waals surface area contributed by atoms with Crippen LogP contribution in [-0.4, -0.2) is 42.6 Å². The fourth-order valence-electron chi connectivity index (χ4n) is 2.43. The van der Waals surface area contributed by atoms with Crippen molar-refractivity contribution >= 4 is 21.8 Å². The van der Waals surface area contributed by atoms with E-state index in [9.17, 15) is 9.90 Å². The monoisotopic (exact) mass is 326 g/mol. The Hall–Kier alpha value is -1.07. The first-order valence-corrected chi connectivity index (χ1v) is 7.32. The van der Waals surface area contributed by atoms with Gasteiger partial charge in [-0.25, -0.2) is 0 Å². The molecule has 1 amide bonds.